The van der Waals surface area contributed by atoms with E-state index in [9.17, 15) is 0 Å². The lowest BCUT2D eigenvalue weighted by Gasteiger charge is -2.20. The minimum atomic E-state index is 0.450. The molecule has 1 aliphatic heterocycles. The number of halogens is 3. The molecule has 0 bridgehead atoms. The number of aliphatic imine (C=N–C) groups is 1. The largest absolute Gasteiger partial charge is 0.334 e. The van der Waals surface area contributed by atoms with Crippen LogP contribution in [0.5, 0.6) is 0 Å². The molecule has 2 rings (SSSR count). The van der Waals surface area contributed by atoms with E-state index in [-0.39, 0.29) is 0 Å². The third-order valence-electron chi connectivity index (χ3n) is 3.26. The summed E-state index contributed by atoms with van der Waals surface area (Å²) in [5.41, 5.74) is 1.91. The highest BCUT2D eigenvalue weighted by molar-refractivity contribution is 6.44. The summed E-state index contributed by atoms with van der Waals surface area (Å²) in [4.78, 5) is 6.91. The molecule has 20 heavy (non-hydrogen) atoms. The Morgan fingerprint density at radius 3 is 2.65 bits per heavy atom. The molecule has 1 aromatic rings. The van der Waals surface area contributed by atoms with Gasteiger partial charge in [0.15, 0.2) is 0 Å². The van der Waals surface area contributed by atoms with Crippen LogP contribution >= 0.6 is 34.8 Å². The number of likely N-dealkylation sites (tertiary alicyclic amines) is 1. The summed E-state index contributed by atoms with van der Waals surface area (Å²) < 4.78 is 0. The van der Waals surface area contributed by atoms with E-state index in [1.807, 2.05) is 0 Å². The van der Waals surface area contributed by atoms with Gasteiger partial charge in [0.1, 0.15) is 5.84 Å². The Morgan fingerprint density at radius 1 is 1.25 bits per heavy atom. The van der Waals surface area contributed by atoms with Crippen molar-refractivity contribution in [2.45, 2.75) is 33.1 Å². The van der Waals surface area contributed by atoms with Gasteiger partial charge in [-0.25, -0.2) is 4.99 Å². The van der Waals surface area contributed by atoms with Crippen molar-refractivity contribution in [1.29, 1.82) is 0 Å². The van der Waals surface area contributed by atoms with E-state index in [1.165, 1.54) is 5.70 Å². The van der Waals surface area contributed by atoms with Gasteiger partial charge in [-0.1, -0.05) is 47.8 Å². The van der Waals surface area contributed by atoms with Crippen molar-refractivity contribution >= 4 is 46.3 Å². The van der Waals surface area contributed by atoms with Gasteiger partial charge in [0.05, 0.1) is 20.8 Å². The van der Waals surface area contributed by atoms with E-state index < -0.39 is 0 Å². The molecule has 1 heterocycles. The average Bonchev–Trinajstić information content (AvgIpc) is 2.84. The lowest BCUT2D eigenvalue weighted by atomic mass is 10.3. The van der Waals surface area contributed by atoms with E-state index >= 15 is 0 Å². The minimum Gasteiger partial charge on any atom is -0.334 e. The lowest BCUT2D eigenvalue weighted by molar-refractivity contribution is 0.553. The van der Waals surface area contributed by atoms with Gasteiger partial charge in [-0.2, -0.15) is 0 Å². The van der Waals surface area contributed by atoms with Crippen LogP contribution < -0.4 is 0 Å². The molecule has 1 aromatic carbocycles. The van der Waals surface area contributed by atoms with Gasteiger partial charge in [-0.3, -0.25) is 0 Å². The predicted molar refractivity (Wildman–Crippen MR) is 88.6 cm³/mol. The fraction of sp³-hybridized carbons (Fsp3) is 0.400. The van der Waals surface area contributed by atoms with Crippen molar-refractivity contribution in [3.05, 3.63) is 39.0 Å². The number of hydrogen-bond acceptors (Lipinski definition) is 1. The first-order chi connectivity index (χ1) is 9.52. The molecule has 0 spiro atoms. The summed E-state index contributed by atoms with van der Waals surface area (Å²) in [6.45, 7) is 5.24. The number of nitrogens with zero attached hydrogens (tertiary/aromatic N) is 2. The van der Waals surface area contributed by atoms with Gasteiger partial charge in [-0.05, 0) is 31.9 Å². The lowest BCUT2D eigenvalue weighted by Crippen LogP contribution is -2.22. The second-order valence-corrected chi connectivity index (χ2v) is 5.98. The maximum Gasteiger partial charge on any atom is 0.109 e. The molecule has 1 aliphatic rings. The van der Waals surface area contributed by atoms with Crippen LogP contribution in [0, 0.1) is 0 Å². The molecule has 0 aliphatic carbocycles. The molecular weight excluding hydrogens is 315 g/mol. The fourth-order valence-corrected chi connectivity index (χ4v) is 2.88. The summed E-state index contributed by atoms with van der Waals surface area (Å²) >= 11 is 18.2. The first kappa shape index (κ1) is 15.7. The maximum atomic E-state index is 6.19. The van der Waals surface area contributed by atoms with Crippen LogP contribution in [0.3, 0.4) is 0 Å². The first-order valence-corrected chi connectivity index (χ1v) is 7.82. The van der Waals surface area contributed by atoms with Crippen molar-refractivity contribution in [2.75, 3.05) is 6.54 Å². The van der Waals surface area contributed by atoms with Gasteiger partial charge in [-0.15, -0.1) is 0 Å². The molecule has 0 unspecified atom stereocenters. The molecule has 1 saturated heterocycles. The Hall–Kier alpha value is -0.700. The molecule has 5 heteroatoms. The summed E-state index contributed by atoms with van der Waals surface area (Å²) in [6, 6.07) is 3.35. The van der Waals surface area contributed by atoms with Crippen LogP contribution in [-0.2, 0) is 0 Å². The highest BCUT2D eigenvalue weighted by Gasteiger charge is 2.20. The Bertz CT molecular complexity index is 564. The van der Waals surface area contributed by atoms with Gasteiger partial charge in [0.25, 0.3) is 0 Å². The van der Waals surface area contributed by atoms with Crippen LogP contribution in [0.2, 0.25) is 15.1 Å². The number of rotatable bonds is 3. The summed E-state index contributed by atoms with van der Waals surface area (Å²) in [5, 5.41) is 1.45. The molecule has 0 saturated carbocycles. The normalized spacial score (nSPS) is 18.1. The van der Waals surface area contributed by atoms with E-state index in [0.717, 1.165) is 31.6 Å². The molecule has 1 fully saturated rings. The number of allylic oxidation sites excluding steroid dienone is 2. The van der Waals surface area contributed by atoms with Crippen molar-refractivity contribution in [3.63, 3.8) is 0 Å². The van der Waals surface area contributed by atoms with Crippen LogP contribution in [0.1, 0.15) is 33.1 Å². The second kappa shape index (κ2) is 6.84. The van der Waals surface area contributed by atoms with Crippen molar-refractivity contribution in [1.82, 2.24) is 4.90 Å². The zero-order chi connectivity index (χ0) is 14.7. The molecule has 108 valence electrons. The SMILES string of the molecule is CC/C=C(\C)N1CCCC1=Nc1cc(Cl)c(Cl)cc1Cl. The van der Waals surface area contributed by atoms with Gasteiger partial charge >= 0.3 is 0 Å². The third kappa shape index (κ3) is 3.49. The summed E-state index contributed by atoms with van der Waals surface area (Å²) in [6.07, 6.45) is 5.28. The molecule has 0 amide bonds. The van der Waals surface area contributed by atoms with Gasteiger partial charge in [0.2, 0.25) is 0 Å². The quantitative estimate of drug-likeness (QED) is 0.612. The second-order valence-electron chi connectivity index (χ2n) is 4.75. The van der Waals surface area contributed by atoms with E-state index in [0.29, 0.717) is 20.8 Å². The predicted octanol–water partition coefficient (Wildman–Crippen LogP) is 6.09. The van der Waals surface area contributed by atoms with Gasteiger partial charge < -0.3 is 4.90 Å². The standard InChI is InChI=1S/C15H17Cl3N2/c1-3-5-10(2)20-7-4-6-15(20)19-14-9-12(17)11(16)8-13(14)18/h5,8-9H,3-4,6-7H2,1-2H3/b10-5+,19-15?. The smallest absolute Gasteiger partial charge is 0.109 e. The van der Waals surface area contributed by atoms with E-state index in [4.69, 9.17) is 34.8 Å². The monoisotopic (exact) mass is 330 g/mol. The summed E-state index contributed by atoms with van der Waals surface area (Å²) in [5.74, 6) is 1.03. The highest BCUT2D eigenvalue weighted by atomic mass is 35.5. The molecule has 2 nitrogen and oxygen atoms in total. The minimum absolute atomic E-state index is 0.450. The Balaban J connectivity index is 2.34. The molecule has 0 atom stereocenters. The van der Waals surface area contributed by atoms with Crippen LogP contribution in [0.15, 0.2) is 28.9 Å². The molecular formula is C15H17Cl3N2. The first-order valence-electron chi connectivity index (χ1n) is 6.69. The fourth-order valence-electron chi connectivity index (χ4n) is 2.30. The van der Waals surface area contributed by atoms with E-state index in [2.05, 4.69) is 29.8 Å². The Morgan fingerprint density at radius 2 is 1.95 bits per heavy atom. The number of hydrogen-bond donors (Lipinski definition) is 0. The van der Waals surface area contributed by atoms with Crippen molar-refractivity contribution in [3.8, 4) is 0 Å². The molecule has 0 N–H and O–H groups in total. The zero-order valence-electron chi connectivity index (χ0n) is 11.6. The number of amidine groups is 1. The van der Waals surface area contributed by atoms with E-state index in [1.54, 1.807) is 12.1 Å². The van der Waals surface area contributed by atoms with Crippen LogP contribution in [-0.4, -0.2) is 17.3 Å². The topological polar surface area (TPSA) is 15.6 Å². The maximum absolute atomic E-state index is 6.19. The zero-order valence-corrected chi connectivity index (χ0v) is 13.9. The third-order valence-corrected chi connectivity index (χ3v) is 4.28. The Labute approximate surface area is 135 Å². The van der Waals surface area contributed by atoms with Crippen molar-refractivity contribution < 1.29 is 0 Å². The van der Waals surface area contributed by atoms with Crippen LogP contribution in [0.4, 0.5) is 5.69 Å². The molecule has 0 radical (unpaired) electrons. The average molecular weight is 332 g/mol. The number of benzene rings is 1. The Kier molecular flexibility index (Phi) is 5.36. The van der Waals surface area contributed by atoms with Crippen molar-refractivity contribution in [2.24, 2.45) is 4.99 Å². The molecule has 0 aromatic heterocycles. The highest BCUT2D eigenvalue weighted by Crippen LogP contribution is 2.35. The van der Waals surface area contributed by atoms with Crippen LogP contribution in [0.25, 0.3) is 0 Å². The van der Waals surface area contributed by atoms with Gasteiger partial charge in [0, 0.05) is 18.7 Å². The summed E-state index contributed by atoms with van der Waals surface area (Å²) in [7, 11) is 0.